The zero-order valence-electron chi connectivity index (χ0n) is 11.5. The summed E-state index contributed by atoms with van der Waals surface area (Å²) in [7, 11) is 0. The third kappa shape index (κ3) is 4.06. The fraction of sp³-hybridized carbons (Fsp3) is 0.0556. The zero-order chi connectivity index (χ0) is 15.9. The molecule has 0 aliphatic heterocycles. The van der Waals surface area contributed by atoms with Crippen LogP contribution in [0, 0.1) is 18.4 Å². The number of carboxylic acids is 1. The van der Waals surface area contributed by atoms with Gasteiger partial charge in [0, 0.05) is 17.5 Å². The minimum absolute atomic E-state index is 0.124. The van der Waals surface area contributed by atoms with Gasteiger partial charge in [-0.1, -0.05) is 48.2 Å². The van der Waals surface area contributed by atoms with Gasteiger partial charge in [-0.15, -0.1) is 0 Å². The molecule has 0 atom stereocenters. The third-order valence-electron chi connectivity index (χ3n) is 2.90. The predicted octanol–water partition coefficient (Wildman–Crippen LogP) is 2.83. The quantitative estimate of drug-likeness (QED) is 0.537. The Morgan fingerprint density at radius 3 is 1.91 bits per heavy atom. The molecule has 2 aromatic carbocycles. The van der Waals surface area contributed by atoms with Crippen molar-refractivity contribution in [3.05, 3.63) is 76.6 Å². The lowest BCUT2D eigenvalue weighted by atomic mass is 10.1. The molecule has 4 heteroatoms. The highest BCUT2D eigenvalue weighted by Gasteiger charge is 2.11. The summed E-state index contributed by atoms with van der Waals surface area (Å²) in [5, 5.41) is 8.56. The summed E-state index contributed by atoms with van der Waals surface area (Å²) >= 11 is 0. The van der Waals surface area contributed by atoms with E-state index in [0.29, 0.717) is 11.3 Å². The molecule has 0 bridgehead atoms. The van der Waals surface area contributed by atoms with Gasteiger partial charge in [0.05, 0.1) is 6.57 Å². The first-order valence-electron chi connectivity index (χ1n) is 6.43. The van der Waals surface area contributed by atoms with Crippen LogP contribution in [-0.2, 0) is 16.0 Å². The summed E-state index contributed by atoms with van der Waals surface area (Å²) in [5.74, 6) is 3.69. The molecule has 0 aliphatic rings. The maximum atomic E-state index is 11.1. The van der Waals surface area contributed by atoms with Crippen LogP contribution < -0.4 is 0 Å². The Hall–Kier alpha value is -3.37. The Balaban J connectivity index is 2.08. The second-order valence-corrected chi connectivity index (χ2v) is 4.51. The molecule has 1 N–H and O–H groups in total. The van der Waals surface area contributed by atoms with Crippen LogP contribution in [0.5, 0.6) is 0 Å². The normalized spacial score (nSPS) is 9.23. The lowest BCUT2D eigenvalue weighted by molar-refractivity contribution is -0.148. The van der Waals surface area contributed by atoms with Gasteiger partial charge < -0.3 is 5.11 Å². The number of Topliss-reactive ketones (excluding diaryl/α,β-unsaturated/α-hetero) is 1. The molecule has 0 saturated carbocycles. The highest BCUT2D eigenvalue weighted by atomic mass is 16.4. The van der Waals surface area contributed by atoms with Crippen LogP contribution in [0.1, 0.15) is 16.7 Å². The number of carbonyl (C=O) groups is 2. The van der Waals surface area contributed by atoms with Gasteiger partial charge in [-0.2, -0.15) is 0 Å². The first-order chi connectivity index (χ1) is 10.6. The van der Waals surface area contributed by atoms with E-state index in [2.05, 4.69) is 16.7 Å². The maximum Gasteiger partial charge on any atom is 0.372 e. The number of benzene rings is 2. The molecule has 4 nitrogen and oxygen atoms in total. The molecule has 0 radical (unpaired) electrons. The summed E-state index contributed by atoms with van der Waals surface area (Å²) in [6, 6.07) is 13.8. The smallest absolute Gasteiger partial charge is 0.372 e. The van der Waals surface area contributed by atoms with Crippen LogP contribution in [0.4, 0.5) is 5.69 Å². The first kappa shape index (κ1) is 15.0. The summed E-state index contributed by atoms with van der Waals surface area (Å²) < 4.78 is 0. The molecule has 0 spiro atoms. The Morgan fingerprint density at radius 1 is 0.955 bits per heavy atom. The Bertz CT molecular complexity index is 801. The van der Waals surface area contributed by atoms with Crippen molar-refractivity contribution in [2.45, 2.75) is 6.42 Å². The Labute approximate surface area is 127 Å². The van der Waals surface area contributed by atoms with E-state index in [1.165, 1.54) is 0 Å². The van der Waals surface area contributed by atoms with Crippen molar-refractivity contribution in [1.29, 1.82) is 0 Å². The molecule has 0 aromatic heterocycles. The Morgan fingerprint density at radius 2 is 1.45 bits per heavy atom. The van der Waals surface area contributed by atoms with Gasteiger partial charge in [0.1, 0.15) is 0 Å². The van der Waals surface area contributed by atoms with Crippen molar-refractivity contribution in [3.8, 4) is 11.8 Å². The van der Waals surface area contributed by atoms with Crippen LogP contribution in [0.2, 0.25) is 0 Å². The van der Waals surface area contributed by atoms with Gasteiger partial charge in [0.2, 0.25) is 5.78 Å². The number of nitrogens with zero attached hydrogens (tertiary/aromatic N) is 1. The number of ketones is 1. The molecule has 0 heterocycles. The van der Waals surface area contributed by atoms with Crippen molar-refractivity contribution in [1.82, 2.24) is 0 Å². The standard InChI is InChI=1S/C18H11NO3/c1-19-16-10-8-14(9-11-16)3-2-13-4-6-15(7-5-13)12-17(20)18(21)22/h4-11H,12H2,(H,21,22). The number of carbonyl (C=O) groups excluding carboxylic acids is 1. The van der Waals surface area contributed by atoms with Gasteiger partial charge in [-0.25, -0.2) is 9.64 Å². The van der Waals surface area contributed by atoms with Crippen LogP contribution in [0.3, 0.4) is 0 Å². The van der Waals surface area contributed by atoms with E-state index in [-0.39, 0.29) is 6.42 Å². The molecular formula is C18H11NO3. The number of aliphatic carboxylic acids is 1. The van der Waals surface area contributed by atoms with Crippen LogP contribution in [0.15, 0.2) is 48.5 Å². The molecule has 22 heavy (non-hydrogen) atoms. The lowest BCUT2D eigenvalue weighted by Gasteiger charge is -1.98. The fourth-order valence-corrected chi connectivity index (χ4v) is 1.73. The molecule has 0 unspecified atom stereocenters. The molecular weight excluding hydrogens is 278 g/mol. The van der Waals surface area contributed by atoms with Crippen molar-refractivity contribution < 1.29 is 14.7 Å². The van der Waals surface area contributed by atoms with Crippen LogP contribution in [-0.4, -0.2) is 16.9 Å². The van der Waals surface area contributed by atoms with E-state index in [4.69, 9.17) is 11.7 Å². The highest BCUT2D eigenvalue weighted by Crippen LogP contribution is 2.12. The van der Waals surface area contributed by atoms with Gasteiger partial charge in [0.15, 0.2) is 5.69 Å². The monoisotopic (exact) mass is 289 g/mol. The van der Waals surface area contributed by atoms with Crippen molar-refractivity contribution in [3.63, 3.8) is 0 Å². The number of rotatable bonds is 3. The SMILES string of the molecule is [C-]#[N+]c1ccc(C#Cc2ccc(CC(=O)C(=O)O)cc2)cc1. The van der Waals surface area contributed by atoms with E-state index >= 15 is 0 Å². The number of hydrogen-bond acceptors (Lipinski definition) is 2. The van der Waals surface area contributed by atoms with Gasteiger partial charge >= 0.3 is 5.97 Å². The second kappa shape index (κ2) is 6.88. The minimum atomic E-state index is -1.42. The largest absolute Gasteiger partial charge is 0.475 e. The van der Waals surface area contributed by atoms with Crippen LogP contribution >= 0.6 is 0 Å². The number of carboxylic acid groups (broad SMARTS) is 1. The maximum absolute atomic E-state index is 11.1. The summed E-state index contributed by atoms with van der Waals surface area (Å²) in [5.41, 5.74) is 2.77. The molecule has 0 amide bonds. The average Bonchev–Trinajstić information content (AvgIpc) is 2.54. The fourth-order valence-electron chi connectivity index (χ4n) is 1.73. The summed E-state index contributed by atoms with van der Waals surface area (Å²) in [4.78, 5) is 24.9. The average molecular weight is 289 g/mol. The van der Waals surface area contributed by atoms with Gasteiger partial charge in [-0.05, 0) is 17.7 Å². The first-order valence-corrected chi connectivity index (χ1v) is 6.43. The van der Waals surface area contributed by atoms with E-state index in [0.717, 1.165) is 11.1 Å². The van der Waals surface area contributed by atoms with Gasteiger partial charge in [0.25, 0.3) is 0 Å². The zero-order valence-corrected chi connectivity index (χ0v) is 11.5. The highest BCUT2D eigenvalue weighted by molar-refractivity contribution is 6.33. The lowest BCUT2D eigenvalue weighted by Crippen LogP contribution is -2.14. The van der Waals surface area contributed by atoms with E-state index in [1.807, 2.05) is 0 Å². The molecule has 0 fully saturated rings. The molecule has 0 saturated heterocycles. The molecule has 2 aromatic rings. The summed E-state index contributed by atoms with van der Waals surface area (Å²) in [6.45, 7) is 6.87. The molecule has 106 valence electrons. The molecule has 0 aliphatic carbocycles. The van der Waals surface area contributed by atoms with Crippen molar-refractivity contribution >= 4 is 17.4 Å². The van der Waals surface area contributed by atoms with E-state index in [9.17, 15) is 9.59 Å². The summed E-state index contributed by atoms with van der Waals surface area (Å²) in [6.07, 6.45) is -0.124. The topological polar surface area (TPSA) is 58.7 Å². The van der Waals surface area contributed by atoms with Crippen molar-refractivity contribution in [2.24, 2.45) is 0 Å². The van der Waals surface area contributed by atoms with E-state index < -0.39 is 11.8 Å². The predicted molar refractivity (Wildman–Crippen MR) is 81.5 cm³/mol. The third-order valence-corrected chi connectivity index (χ3v) is 2.90. The van der Waals surface area contributed by atoms with Gasteiger partial charge in [-0.3, -0.25) is 4.79 Å². The minimum Gasteiger partial charge on any atom is -0.475 e. The molecule has 2 rings (SSSR count). The number of hydrogen-bond donors (Lipinski definition) is 1. The Kier molecular flexibility index (Phi) is 4.70. The second-order valence-electron chi connectivity index (χ2n) is 4.51. The van der Waals surface area contributed by atoms with E-state index in [1.54, 1.807) is 48.5 Å². The van der Waals surface area contributed by atoms with Crippen molar-refractivity contribution in [2.75, 3.05) is 0 Å². The van der Waals surface area contributed by atoms with Crippen LogP contribution in [0.25, 0.3) is 4.85 Å².